The molecule has 1 N–H and O–H groups in total. The molecule has 0 spiro atoms. The van der Waals surface area contributed by atoms with Crippen LogP contribution in [-0.2, 0) is 26.8 Å². The highest BCUT2D eigenvalue weighted by molar-refractivity contribution is 6.01. The van der Waals surface area contributed by atoms with Gasteiger partial charge < -0.3 is 19.1 Å². The van der Waals surface area contributed by atoms with Gasteiger partial charge in [-0.05, 0) is 111 Å². The van der Waals surface area contributed by atoms with Crippen LogP contribution in [0.15, 0.2) is 45.9 Å². The number of aliphatic imine (C=N–C) groups is 2. The Morgan fingerprint density at radius 2 is 1.70 bits per heavy atom. The highest BCUT2D eigenvalue weighted by Gasteiger charge is 2.36. The first-order valence-corrected chi connectivity index (χ1v) is 16.2. The van der Waals surface area contributed by atoms with Crippen molar-refractivity contribution < 1.29 is 37.0 Å². The molecular weight excluding hydrogens is 613 g/mol. The first-order valence-electron chi connectivity index (χ1n) is 16.2. The number of benzene rings is 1. The number of amides is 2. The minimum Gasteiger partial charge on any atom is -0.483 e. The zero-order valence-corrected chi connectivity index (χ0v) is 28.8. The summed E-state index contributed by atoms with van der Waals surface area (Å²) in [5.41, 5.74) is -0.300. The Labute approximate surface area is 276 Å². The number of carbonyl (C=O) groups is 2. The van der Waals surface area contributed by atoms with Gasteiger partial charge in [0.1, 0.15) is 17.2 Å². The maximum Gasteiger partial charge on any atom is 0.437 e. The van der Waals surface area contributed by atoms with Crippen molar-refractivity contribution in [1.29, 1.82) is 0 Å². The molecular formula is C35H49F3N4O5. The molecule has 1 aliphatic heterocycles. The number of alkyl halides is 3. The quantitative estimate of drug-likeness (QED) is 0.186. The molecule has 1 aliphatic carbocycles. The Morgan fingerprint density at radius 3 is 2.28 bits per heavy atom. The van der Waals surface area contributed by atoms with Crippen LogP contribution in [0.4, 0.5) is 22.8 Å². The number of aryl methyl sites for hydroxylation is 1. The molecule has 1 atom stereocenters. The van der Waals surface area contributed by atoms with Crippen LogP contribution in [0, 0.1) is 0 Å². The molecule has 1 saturated heterocycles. The molecule has 0 radical (unpaired) electrons. The van der Waals surface area contributed by atoms with E-state index < -0.39 is 41.2 Å². The van der Waals surface area contributed by atoms with Crippen LogP contribution in [0.25, 0.3) is 5.70 Å². The lowest BCUT2D eigenvalue weighted by Gasteiger charge is -2.29. The first kappa shape index (κ1) is 37.6. The van der Waals surface area contributed by atoms with Gasteiger partial charge in [-0.25, -0.2) is 14.6 Å². The Kier molecular flexibility index (Phi) is 12.7. The summed E-state index contributed by atoms with van der Waals surface area (Å²) < 4.78 is 59.3. The normalized spacial score (nSPS) is 18.5. The van der Waals surface area contributed by atoms with Crippen LogP contribution < -0.4 is 5.32 Å². The molecule has 47 heavy (non-hydrogen) atoms. The molecule has 1 unspecified atom stereocenters. The van der Waals surface area contributed by atoms with Crippen molar-refractivity contribution in [3.05, 3.63) is 52.6 Å². The number of hydrogen-bond acceptors (Lipinski definition) is 6. The van der Waals surface area contributed by atoms with E-state index in [0.717, 1.165) is 31.7 Å². The number of methoxy groups -OCH3 is 1. The van der Waals surface area contributed by atoms with Crippen LogP contribution in [0.3, 0.4) is 0 Å². The van der Waals surface area contributed by atoms with Gasteiger partial charge in [0.25, 0.3) is 0 Å². The Bertz CT molecular complexity index is 1400. The van der Waals surface area contributed by atoms with E-state index in [0.29, 0.717) is 32.2 Å². The summed E-state index contributed by atoms with van der Waals surface area (Å²) in [6.07, 6.45) is 3.66. The zero-order valence-electron chi connectivity index (χ0n) is 28.8. The second-order valence-electron chi connectivity index (χ2n) is 13.7. The van der Waals surface area contributed by atoms with E-state index in [9.17, 15) is 22.8 Å². The number of alkyl carbamates (subject to hydrolysis) is 1. The number of carbonyl (C=O) groups excluding carboxylic acids is 2. The molecule has 0 aromatic heterocycles. The zero-order chi connectivity index (χ0) is 35.0. The van der Waals surface area contributed by atoms with Gasteiger partial charge >= 0.3 is 18.4 Å². The molecule has 1 aromatic rings. The topological polar surface area (TPSA) is 102 Å². The average Bonchev–Trinajstić information content (AvgIpc) is 3.44. The number of nitrogens with one attached hydrogen (secondary N) is 1. The highest BCUT2D eigenvalue weighted by atomic mass is 19.4. The predicted octanol–water partition coefficient (Wildman–Crippen LogP) is 8.82. The van der Waals surface area contributed by atoms with E-state index in [-0.39, 0.29) is 28.7 Å². The van der Waals surface area contributed by atoms with Gasteiger partial charge in [-0.1, -0.05) is 29.9 Å². The lowest BCUT2D eigenvalue weighted by Crippen LogP contribution is -2.50. The average molecular weight is 663 g/mol. The van der Waals surface area contributed by atoms with Crippen molar-refractivity contribution in [3.8, 4) is 0 Å². The van der Waals surface area contributed by atoms with E-state index >= 15 is 0 Å². The molecule has 3 rings (SSSR count). The van der Waals surface area contributed by atoms with E-state index in [2.05, 4.69) is 21.4 Å². The van der Waals surface area contributed by atoms with Crippen molar-refractivity contribution in [1.82, 2.24) is 10.2 Å². The van der Waals surface area contributed by atoms with Crippen LogP contribution >= 0.6 is 0 Å². The number of rotatable bonds is 6. The molecule has 0 saturated carbocycles. The summed E-state index contributed by atoms with van der Waals surface area (Å²) in [4.78, 5) is 35.9. The number of halogens is 3. The van der Waals surface area contributed by atoms with Crippen molar-refractivity contribution in [2.75, 3.05) is 13.7 Å². The summed E-state index contributed by atoms with van der Waals surface area (Å²) in [7, 11) is 1.42. The lowest BCUT2D eigenvalue weighted by atomic mass is 9.92. The summed E-state index contributed by atoms with van der Waals surface area (Å²) >= 11 is 0. The number of ether oxygens (including phenoxy) is 3. The summed E-state index contributed by atoms with van der Waals surface area (Å²) in [5, 5.41) is 2.57. The molecule has 2 amide bonds. The molecule has 260 valence electrons. The van der Waals surface area contributed by atoms with Crippen LogP contribution in [-0.4, -0.2) is 59.8 Å². The van der Waals surface area contributed by atoms with Crippen molar-refractivity contribution in [2.45, 2.75) is 123 Å². The first-order chi connectivity index (χ1) is 21.9. The fraction of sp³-hybridized carbons (Fsp3) is 0.600. The third-order valence-corrected chi connectivity index (χ3v) is 7.54. The van der Waals surface area contributed by atoms with Gasteiger partial charge in [-0.3, -0.25) is 5.32 Å². The number of allylic oxidation sites excluding steroid dienone is 3. The summed E-state index contributed by atoms with van der Waals surface area (Å²) in [6.45, 7) is 12.3. The number of likely N-dealkylation sites (tertiary alicyclic amines) is 1. The van der Waals surface area contributed by atoms with Crippen molar-refractivity contribution in [2.24, 2.45) is 9.98 Å². The van der Waals surface area contributed by atoms with Crippen LogP contribution in [0.2, 0.25) is 0 Å². The fourth-order valence-electron chi connectivity index (χ4n) is 5.52. The predicted molar refractivity (Wildman–Crippen MR) is 177 cm³/mol. The molecule has 1 heterocycles. The maximum atomic E-state index is 14.3. The maximum absolute atomic E-state index is 14.3. The summed E-state index contributed by atoms with van der Waals surface area (Å²) in [6, 6.07) is 3.72. The third-order valence-electron chi connectivity index (χ3n) is 7.54. The van der Waals surface area contributed by atoms with Gasteiger partial charge in [0.15, 0.2) is 0 Å². The number of hydrogen-bond donors (Lipinski definition) is 1. The lowest BCUT2D eigenvalue weighted by molar-refractivity contribution is -0.138. The number of guanidine groups is 1. The Hall–Kier alpha value is -3.83. The molecule has 9 nitrogen and oxygen atoms in total. The smallest absolute Gasteiger partial charge is 0.437 e. The minimum absolute atomic E-state index is 0.112. The summed E-state index contributed by atoms with van der Waals surface area (Å²) in [5.74, 6) is 0.0694. The largest absolute Gasteiger partial charge is 0.483 e. The van der Waals surface area contributed by atoms with Crippen LogP contribution in [0.1, 0.15) is 110 Å². The highest BCUT2D eigenvalue weighted by Crippen LogP contribution is 2.36. The SMILES string of the molecule is C/C=C(\N=C(OC)C1CCCN1C(=NC(=O)OC(C)(C)C)NC(=O)OC(C)(C)C)c1ccc(CCC2=CCCCC2)c(C(F)(F)F)c1. The van der Waals surface area contributed by atoms with E-state index in [4.69, 9.17) is 14.2 Å². The third kappa shape index (κ3) is 11.7. The van der Waals surface area contributed by atoms with Gasteiger partial charge in [0.05, 0.1) is 18.4 Å². The molecule has 12 heteroatoms. The van der Waals surface area contributed by atoms with Crippen LogP contribution in [0.5, 0.6) is 0 Å². The Balaban J connectivity index is 1.95. The van der Waals surface area contributed by atoms with Gasteiger partial charge in [-0.15, -0.1) is 4.99 Å². The number of nitrogens with zero attached hydrogens (tertiary/aromatic N) is 3. The second-order valence-corrected chi connectivity index (χ2v) is 13.7. The van der Waals surface area contributed by atoms with Gasteiger partial charge in [-0.2, -0.15) is 13.2 Å². The van der Waals surface area contributed by atoms with E-state index in [1.807, 2.05) is 0 Å². The molecule has 2 aliphatic rings. The Morgan fingerprint density at radius 1 is 1.00 bits per heavy atom. The monoisotopic (exact) mass is 662 g/mol. The molecule has 1 aromatic carbocycles. The molecule has 1 fully saturated rings. The fourth-order valence-corrected chi connectivity index (χ4v) is 5.52. The van der Waals surface area contributed by atoms with Gasteiger partial charge in [0.2, 0.25) is 11.9 Å². The van der Waals surface area contributed by atoms with E-state index in [1.54, 1.807) is 65.5 Å². The minimum atomic E-state index is -4.54. The van der Waals surface area contributed by atoms with E-state index in [1.165, 1.54) is 18.7 Å². The van der Waals surface area contributed by atoms with Crippen molar-refractivity contribution >= 4 is 29.7 Å². The second kappa shape index (κ2) is 15.8. The standard InChI is InChI=1S/C35H49F3N4O5/c1-9-27(25-20-19-24(26(22-25)35(36,37)38)18-17-23-14-11-10-12-15-23)39-29(45-8)28-16-13-21-42(28)30(40-31(43)46-33(2,3)4)41-32(44)47-34(5,6)7/h9,14,19-20,22,28H,10-13,15-18,21H2,1-8H3,(H,40,41,43,44)/b27-9-,39-29?. The molecule has 0 bridgehead atoms. The van der Waals surface area contributed by atoms with Crippen molar-refractivity contribution in [3.63, 3.8) is 0 Å². The van der Waals surface area contributed by atoms with Gasteiger partial charge in [0, 0.05) is 12.1 Å².